The Morgan fingerprint density at radius 1 is 1.04 bits per heavy atom. The summed E-state index contributed by atoms with van der Waals surface area (Å²) in [6, 6.07) is 15.6. The summed E-state index contributed by atoms with van der Waals surface area (Å²) in [6.45, 7) is 3.15. The highest BCUT2D eigenvalue weighted by Crippen LogP contribution is 2.22. The molecule has 1 saturated heterocycles. The number of rotatable bonds is 4. The van der Waals surface area contributed by atoms with Crippen molar-refractivity contribution in [2.45, 2.75) is 6.42 Å². The lowest BCUT2D eigenvalue weighted by Crippen LogP contribution is -2.49. The number of nitrogens with two attached hydrogens (primary N) is 1. The van der Waals surface area contributed by atoms with Crippen molar-refractivity contribution in [2.24, 2.45) is 0 Å². The first-order valence-electron chi connectivity index (χ1n) is 8.17. The molecule has 0 aliphatic carbocycles. The minimum atomic E-state index is 0. The highest BCUT2D eigenvalue weighted by molar-refractivity contribution is 5.85. The second-order valence-corrected chi connectivity index (χ2v) is 5.99. The number of hydrogen-bond acceptors (Lipinski definition) is 4. The molecule has 0 bridgehead atoms. The lowest BCUT2D eigenvalue weighted by Gasteiger charge is -2.36. The average Bonchev–Trinajstić information content (AvgIpc) is 2.64. The second kappa shape index (κ2) is 10.1. The van der Waals surface area contributed by atoms with Crippen molar-refractivity contribution in [2.75, 3.05) is 43.9 Å². The quantitative estimate of drug-likeness (QED) is 0.805. The maximum absolute atomic E-state index is 12.5. The van der Waals surface area contributed by atoms with Crippen LogP contribution in [0.5, 0.6) is 5.75 Å². The van der Waals surface area contributed by atoms with Crippen molar-refractivity contribution in [3.63, 3.8) is 0 Å². The molecule has 2 aromatic carbocycles. The van der Waals surface area contributed by atoms with Gasteiger partial charge in [0.05, 0.1) is 13.5 Å². The minimum Gasteiger partial charge on any atom is -0.497 e. The Morgan fingerprint density at radius 3 is 2.31 bits per heavy atom. The summed E-state index contributed by atoms with van der Waals surface area (Å²) >= 11 is 0. The van der Waals surface area contributed by atoms with Crippen LogP contribution in [-0.4, -0.2) is 44.1 Å². The van der Waals surface area contributed by atoms with Crippen LogP contribution in [0.4, 0.5) is 11.4 Å². The number of methoxy groups -OCH3 is 1. The first-order chi connectivity index (χ1) is 11.7. The standard InChI is InChI=1S/C19H23N3O2.2ClH/c1-24-18-4-2-3-17(14-18)21-9-11-22(12-10-21)19(23)13-15-5-7-16(20)8-6-15;;/h2-8,14H,9-13,20H2,1H3;2*1H. The molecule has 1 fully saturated rings. The molecule has 0 saturated carbocycles. The van der Waals surface area contributed by atoms with Gasteiger partial charge in [0, 0.05) is 43.6 Å². The molecular weight excluding hydrogens is 373 g/mol. The zero-order chi connectivity index (χ0) is 16.9. The fourth-order valence-corrected chi connectivity index (χ4v) is 2.94. The van der Waals surface area contributed by atoms with Crippen molar-refractivity contribution in [3.8, 4) is 5.75 Å². The number of amides is 1. The number of nitrogen functional groups attached to an aromatic ring is 1. The van der Waals surface area contributed by atoms with Crippen LogP contribution in [-0.2, 0) is 11.2 Å². The molecule has 1 amide bonds. The summed E-state index contributed by atoms with van der Waals surface area (Å²) in [5.74, 6) is 1.03. The number of carbonyl (C=O) groups excluding carboxylic acids is 1. The van der Waals surface area contributed by atoms with Gasteiger partial charge in [0.2, 0.25) is 5.91 Å². The van der Waals surface area contributed by atoms with Gasteiger partial charge in [-0.05, 0) is 29.8 Å². The Balaban J connectivity index is 0.00000169. The summed E-state index contributed by atoms with van der Waals surface area (Å²) in [7, 11) is 1.67. The van der Waals surface area contributed by atoms with Gasteiger partial charge in [0.1, 0.15) is 5.75 Å². The lowest BCUT2D eigenvalue weighted by molar-refractivity contribution is -0.130. The molecule has 0 unspecified atom stereocenters. The van der Waals surface area contributed by atoms with Crippen LogP contribution in [0.1, 0.15) is 5.56 Å². The summed E-state index contributed by atoms with van der Waals surface area (Å²) in [5.41, 5.74) is 8.55. The number of nitrogens with zero attached hydrogens (tertiary/aromatic N) is 2. The van der Waals surface area contributed by atoms with Gasteiger partial charge in [-0.3, -0.25) is 4.79 Å². The average molecular weight is 398 g/mol. The molecule has 1 aliphatic heterocycles. The predicted molar refractivity (Wildman–Crippen MR) is 111 cm³/mol. The number of piperazine rings is 1. The number of benzene rings is 2. The molecule has 1 heterocycles. The van der Waals surface area contributed by atoms with E-state index in [0.29, 0.717) is 6.42 Å². The van der Waals surface area contributed by atoms with E-state index in [9.17, 15) is 4.79 Å². The van der Waals surface area contributed by atoms with Crippen molar-refractivity contribution in [1.82, 2.24) is 4.90 Å². The first kappa shape index (κ1) is 21.9. The maximum Gasteiger partial charge on any atom is 0.227 e. The lowest BCUT2D eigenvalue weighted by atomic mass is 10.1. The summed E-state index contributed by atoms with van der Waals surface area (Å²) in [6.07, 6.45) is 0.430. The Morgan fingerprint density at radius 2 is 1.69 bits per heavy atom. The first-order valence-corrected chi connectivity index (χ1v) is 8.17. The molecule has 2 aromatic rings. The Bertz CT molecular complexity index is 702. The summed E-state index contributed by atoms with van der Waals surface area (Å²) in [4.78, 5) is 16.7. The van der Waals surface area contributed by atoms with E-state index in [2.05, 4.69) is 11.0 Å². The van der Waals surface area contributed by atoms with Crippen LogP contribution < -0.4 is 15.4 Å². The van der Waals surface area contributed by atoms with Gasteiger partial charge >= 0.3 is 0 Å². The molecule has 142 valence electrons. The Labute approximate surface area is 166 Å². The fourth-order valence-electron chi connectivity index (χ4n) is 2.94. The molecular formula is C19H25Cl2N3O2. The van der Waals surface area contributed by atoms with Crippen molar-refractivity contribution in [1.29, 1.82) is 0 Å². The zero-order valence-corrected chi connectivity index (χ0v) is 16.4. The van der Waals surface area contributed by atoms with Gasteiger partial charge in [0.15, 0.2) is 0 Å². The third kappa shape index (κ3) is 5.44. The van der Waals surface area contributed by atoms with E-state index in [4.69, 9.17) is 10.5 Å². The normalized spacial score (nSPS) is 13.4. The highest BCUT2D eigenvalue weighted by Gasteiger charge is 2.21. The molecule has 5 nitrogen and oxygen atoms in total. The van der Waals surface area contributed by atoms with E-state index in [0.717, 1.165) is 48.9 Å². The van der Waals surface area contributed by atoms with E-state index in [-0.39, 0.29) is 30.7 Å². The Kier molecular flexibility index (Phi) is 8.55. The molecule has 0 spiro atoms. The molecule has 26 heavy (non-hydrogen) atoms. The van der Waals surface area contributed by atoms with Gasteiger partial charge < -0.3 is 20.3 Å². The SMILES string of the molecule is COc1cccc(N2CCN(C(=O)Cc3ccc(N)cc3)CC2)c1.Cl.Cl. The van der Waals surface area contributed by atoms with Crippen LogP contribution in [0.3, 0.4) is 0 Å². The predicted octanol–water partition coefficient (Wildman–Crippen LogP) is 3.01. The van der Waals surface area contributed by atoms with E-state index >= 15 is 0 Å². The van der Waals surface area contributed by atoms with Crippen LogP contribution >= 0.6 is 24.8 Å². The van der Waals surface area contributed by atoms with Crippen LogP contribution in [0, 0.1) is 0 Å². The molecule has 0 aromatic heterocycles. The molecule has 3 rings (SSSR count). The van der Waals surface area contributed by atoms with Gasteiger partial charge in [-0.1, -0.05) is 18.2 Å². The maximum atomic E-state index is 12.5. The van der Waals surface area contributed by atoms with Crippen molar-refractivity contribution in [3.05, 3.63) is 54.1 Å². The Hall–Kier alpha value is -2.11. The molecule has 0 radical (unpaired) electrons. The van der Waals surface area contributed by atoms with Gasteiger partial charge in [-0.15, -0.1) is 24.8 Å². The third-order valence-electron chi connectivity index (χ3n) is 4.39. The molecule has 0 atom stereocenters. The topological polar surface area (TPSA) is 58.8 Å². The largest absolute Gasteiger partial charge is 0.497 e. The fraction of sp³-hybridized carbons (Fsp3) is 0.316. The van der Waals surface area contributed by atoms with Crippen LogP contribution in [0.25, 0.3) is 0 Å². The monoisotopic (exact) mass is 397 g/mol. The van der Waals surface area contributed by atoms with Crippen LogP contribution in [0.15, 0.2) is 48.5 Å². The number of ether oxygens (including phenoxy) is 1. The van der Waals surface area contributed by atoms with Gasteiger partial charge in [0.25, 0.3) is 0 Å². The van der Waals surface area contributed by atoms with Gasteiger partial charge in [-0.2, -0.15) is 0 Å². The highest BCUT2D eigenvalue weighted by atomic mass is 35.5. The number of halogens is 2. The second-order valence-electron chi connectivity index (χ2n) is 5.99. The van der Waals surface area contributed by atoms with Gasteiger partial charge in [-0.25, -0.2) is 0 Å². The van der Waals surface area contributed by atoms with E-state index in [1.807, 2.05) is 47.4 Å². The zero-order valence-electron chi connectivity index (χ0n) is 14.8. The number of hydrogen-bond donors (Lipinski definition) is 1. The van der Waals surface area contributed by atoms with Crippen molar-refractivity contribution >= 4 is 42.1 Å². The molecule has 2 N–H and O–H groups in total. The summed E-state index contributed by atoms with van der Waals surface area (Å²) in [5, 5.41) is 0. The summed E-state index contributed by atoms with van der Waals surface area (Å²) < 4.78 is 5.28. The van der Waals surface area contributed by atoms with E-state index < -0.39 is 0 Å². The minimum absolute atomic E-state index is 0. The molecule has 7 heteroatoms. The van der Waals surface area contributed by atoms with Crippen LogP contribution in [0.2, 0.25) is 0 Å². The van der Waals surface area contributed by atoms with Crippen molar-refractivity contribution < 1.29 is 9.53 Å². The van der Waals surface area contributed by atoms with E-state index in [1.165, 1.54) is 0 Å². The van der Waals surface area contributed by atoms with E-state index in [1.54, 1.807) is 7.11 Å². The number of carbonyl (C=O) groups is 1. The smallest absolute Gasteiger partial charge is 0.227 e. The number of anilines is 2. The molecule has 1 aliphatic rings. The third-order valence-corrected chi connectivity index (χ3v) is 4.39.